The normalized spacial score (nSPS) is 12.3. The number of carbonyl (C=O) groups is 1. The third-order valence-electron chi connectivity index (χ3n) is 4.38. The number of hydrogen-bond acceptors (Lipinski definition) is 5. The largest absolute Gasteiger partial charge is 0.516 e. The molecule has 0 aliphatic carbocycles. The van der Waals surface area contributed by atoms with Gasteiger partial charge in [-0.2, -0.15) is 21.6 Å². The zero-order valence-electron chi connectivity index (χ0n) is 17.6. The van der Waals surface area contributed by atoms with Gasteiger partial charge in [0, 0.05) is 22.3 Å². The lowest BCUT2D eigenvalue weighted by Crippen LogP contribution is -2.30. The van der Waals surface area contributed by atoms with Crippen LogP contribution in [0.2, 0.25) is 0 Å². The van der Waals surface area contributed by atoms with Crippen LogP contribution in [0.3, 0.4) is 0 Å². The molecule has 0 spiro atoms. The molecule has 1 heterocycles. The highest BCUT2D eigenvalue weighted by atomic mass is 32.2. The summed E-state index contributed by atoms with van der Waals surface area (Å²) in [5, 5.41) is 5.51. The summed E-state index contributed by atoms with van der Waals surface area (Å²) in [5.41, 5.74) is -3.57. The first-order valence-electron chi connectivity index (χ1n) is 9.69. The number of nitrogens with zero attached hydrogens (tertiary/aromatic N) is 1. The Morgan fingerprint density at radius 1 is 1.06 bits per heavy atom. The van der Waals surface area contributed by atoms with Gasteiger partial charge in [0.25, 0.3) is 5.91 Å². The molecule has 0 saturated carbocycles. The van der Waals surface area contributed by atoms with E-state index in [0.29, 0.717) is 11.6 Å². The molecule has 0 bridgehead atoms. The number of rotatable bonds is 7. The summed E-state index contributed by atoms with van der Waals surface area (Å²) in [4.78, 5) is 17.1. The molecule has 0 fully saturated rings. The summed E-state index contributed by atoms with van der Waals surface area (Å²) in [6.07, 6.45) is 3.72. The molecule has 2 N–H and O–H groups in total. The summed E-state index contributed by atoms with van der Waals surface area (Å²) in [6, 6.07) is 11.8. The molecule has 11 heteroatoms. The van der Waals surface area contributed by atoms with E-state index in [4.69, 9.17) is 0 Å². The first kappa shape index (κ1) is 24.5. The lowest BCUT2D eigenvalue weighted by Gasteiger charge is -2.11. The molecular formula is C22H20F3N3O3S2. The van der Waals surface area contributed by atoms with Gasteiger partial charge >= 0.3 is 15.5 Å². The van der Waals surface area contributed by atoms with Crippen molar-refractivity contribution in [2.24, 2.45) is 0 Å². The first-order chi connectivity index (χ1) is 15.4. The van der Waals surface area contributed by atoms with E-state index in [2.05, 4.69) is 24.1 Å². The molecule has 6 nitrogen and oxygen atoms in total. The molecule has 0 unspecified atom stereocenters. The molecule has 2 aromatic carbocycles. The maximum Gasteiger partial charge on any atom is 0.516 e. The molecule has 0 radical (unpaired) electrons. The Balaban J connectivity index is 1.71. The van der Waals surface area contributed by atoms with Gasteiger partial charge in [-0.05, 0) is 47.9 Å². The van der Waals surface area contributed by atoms with Gasteiger partial charge in [-0.3, -0.25) is 9.52 Å². The van der Waals surface area contributed by atoms with E-state index >= 15 is 0 Å². The molecule has 1 amide bonds. The Labute approximate surface area is 193 Å². The maximum atomic E-state index is 12.6. The summed E-state index contributed by atoms with van der Waals surface area (Å²) in [7, 11) is -5.58. The van der Waals surface area contributed by atoms with Gasteiger partial charge < -0.3 is 5.32 Å². The quantitative estimate of drug-likeness (QED) is 0.424. The van der Waals surface area contributed by atoms with Crippen molar-refractivity contribution >= 4 is 50.8 Å². The Morgan fingerprint density at radius 2 is 1.76 bits per heavy atom. The minimum atomic E-state index is -5.58. The van der Waals surface area contributed by atoms with E-state index in [9.17, 15) is 26.4 Å². The van der Waals surface area contributed by atoms with Crippen LogP contribution in [0, 0.1) is 0 Å². The van der Waals surface area contributed by atoms with Crippen LogP contribution in [0.25, 0.3) is 12.2 Å². The third kappa shape index (κ3) is 6.42. The molecule has 174 valence electrons. The molecule has 33 heavy (non-hydrogen) atoms. The number of alkyl halides is 3. The molecule has 0 aliphatic heterocycles. The van der Waals surface area contributed by atoms with Crippen LogP contribution in [-0.2, 0) is 10.0 Å². The smallest absolute Gasteiger partial charge is 0.322 e. The Bertz CT molecular complexity index is 1280. The predicted octanol–water partition coefficient (Wildman–Crippen LogP) is 5.95. The maximum absolute atomic E-state index is 12.6. The minimum absolute atomic E-state index is 0.0117. The van der Waals surface area contributed by atoms with Crippen molar-refractivity contribution in [2.75, 3.05) is 10.0 Å². The van der Waals surface area contributed by atoms with Crippen molar-refractivity contribution in [1.29, 1.82) is 0 Å². The number of carbonyl (C=O) groups excluding carboxylic acids is 1. The number of hydrogen-bond donors (Lipinski definition) is 2. The van der Waals surface area contributed by atoms with E-state index in [-0.39, 0.29) is 11.3 Å². The molecule has 3 aromatic rings. The average molecular weight is 496 g/mol. The average Bonchev–Trinajstić information content (AvgIpc) is 3.21. The van der Waals surface area contributed by atoms with Crippen molar-refractivity contribution in [3.63, 3.8) is 0 Å². The number of aromatic nitrogens is 1. The molecule has 3 rings (SSSR count). The van der Waals surface area contributed by atoms with Crippen LogP contribution in [0.5, 0.6) is 0 Å². The number of sulfonamides is 1. The van der Waals surface area contributed by atoms with Gasteiger partial charge in [0.1, 0.15) is 5.01 Å². The lowest BCUT2D eigenvalue weighted by atomic mass is 10.1. The van der Waals surface area contributed by atoms with Gasteiger partial charge in [0.15, 0.2) is 0 Å². The van der Waals surface area contributed by atoms with Gasteiger partial charge in [0.05, 0.1) is 5.69 Å². The number of halogens is 3. The molecular weight excluding hydrogens is 475 g/mol. The van der Waals surface area contributed by atoms with Crippen molar-refractivity contribution in [3.8, 4) is 0 Å². The van der Waals surface area contributed by atoms with Crippen LogP contribution in [0.1, 0.15) is 46.4 Å². The van der Waals surface area contributed by atoms with E-state index < -0.39 is 21.4 Å². The number of benzene rings is 2. The van der Waals surface area contributed by atoms with Crippen LogP contribution >= 0.6 is 11.3 Å². The van der Waals surface area contributed by atoms with Crippen LogP contribution in [0.15, 0.2) is 53.9 Å². The standard InChI is InChI=1S/C22H20F3N3O3S2/c1-14(2)19-13-32-20(27-19)10-9-15-5-3-7-17(11-15)26-21(29)16-6-4-8-18(12-16)28-33(30,31)22(23,24)25/h3-14,28H,1-2H3,(H,26,29)/b10-9+. The summed E-state index contributed by atoms with van der Waals surface area (Å²) >= 11 is 1.53. The summed E-state index contributed by atoms with van der Waals surface area (Å²) in [6.45, 7) is 4.13. The first-order valence-corrected chi connectivity index (χ1v) is 12.0. The zero-order valence-corrected chi connectivity index (χ0v) is 19.2. The lowest BCUT2D eigenvalue weighted by molar-refractivity contribution is -0.0429. The Kier molecular flexibility index (Phi) is 7.23. The highest BCUT2D eigenvalue weighted by molar-refractivity contribution is 7.93. The van der Waals surface area contributed by atoms with E-state index in [1.54, 1.807) is 18.2 Å². The van der Waals surface area contributed by atoms with E-state index in [1.807, 2.05) is 23.6 Å². The van der Waals surface area contributed by atoms with Gasteiger partial charge in [-0.25, -0.2) is 4.98 Å². The van der Waals surface area contributed by atoms with Crippen LogP contribution in [0.4, 0.5) is 24.5 Å². The SMILES string of the molecule is CC(C)c1csc(/C=C/c2cccc(NC(=O)c3cccc(NS(=O)(=O)C(F)(F)F)c3)c2)n1. The summed E-state index contributed by atoms with van der Waals surface area (Å²) in [5.74, 6) is -0.269. The number of thiazole rings is 1. The second-order valence-corrected chi connectivity index (χ2v) is 9.87. The van der Waals surface area contributed by atoms with Gasteiger partial charge in [-0.1, -0.05) is 38.1 Å². The van der Waals surface area contributed by atoms with Crippen molar-refractivity contribution in [3.05, 3.63) is 75.7 Å². The molecule has 0 saturated heterocycles. The van der Waals surface area contributed by atoms with Crippen LogP contribution < -0.4 is 10.0 Å². The highest BCUT2D eigenvalue weighted by Gasteiger charge is 2.46. The van der Waals surface area contributed by atoms with Crippen molar-refractivity contribution < 1.29 is 26.4 Å². The predicted molar refractivity (Wildman–Crippen MR) is 125 cm³/mol. The van der Waals surface area contributed by atoms with Gasteiger partial charge in [0.2, 0.25) is 0 Å². The van der Waals surface area contributed by atoms with Gasteiger partial charge in [-0.15, -0.1) is 11.3 Å². The fourth-order valence-corrected chi connectivity index (χ4v) is 4.09. The molecule has 1 aromatic heterocycles. The zero-order chi connectivity index (χ0) is 24.2. The van der Waals surface area contributed by atoms with Crippen molar-refractivity contribution in [1.82, 2.24) is 4.98 Å². The Morgan fingerprint density at radius 3 is 2.42 bits per heavy atom. The fraction of sp³-hybridized carbons (Fsp3) is 0.182. The third-order valence-corrected chi connectivity index (χ3v) is 6.32. The second kappa shape index (κ2) is 9.75. The second-order valence-electron chi connectivity index (χ2n) is 7.31. The highest BCUT2D eigenvalue weighted by Crippen LogP contribution is 2.26. The topological polar surface area (TPSA) is 88.2 Å². The monoisotopic (exact) mass is 495 g/mol. The van der Waals surface area contributed by atoms with Crippen molar-refractivity contribution in [2.45, 2.75) is 25.3 Å². The Hall–Kier alpha value is -3.18. The molecule has 0 aliphatic rings. The molecule has 0 atom stereocenters. The summed E-state index contributed by atoms with van der Waals surface area (Å²) < 4.78 is 61.7. The fourth-order valence-electron chi connectivity index (χ4n) is 2.67. The number of anilines is 2. The minimum Gasteiger partial charge on any atom is -0.322 e. The van der Waals surface area contributed by atoms with E-state index in [1.165, 1.54) is 28.2 Å². The van der Waals surface area contributed by atoms with E-state index in [0.717, 1.165) is 28.4 Å². The number of nitrogens with one attached hydrogen (secondary N) is 2. The van der Waals surface area contributed by atoms with Crippen LogP contribution in [-0.4, -0.2) is 24.8 Å². The number of amides is 1.